The van der Waals surface area contributed by atoms with Crippen LogP contribution >= 0.6 is 15.6 Å². The average Bonchev–Trinajstić information content (AvgIpc) is 1.24. The molecule has 0 rings (SSSR count). The molecule has 0 bridgehead atoms. The fourth-order valence-corrected chi connectivity index (χ4v) is 12.3. The fourth-order valence-electron chi connectivity index (χ4n) is 10.8. The number of unbranched alkanes of at least 4 members (excludes halogenated alkanes) is 38. The van der Waals surface area contributed by atoms with Crippen LogP contribution in [-0.2, 0) is 65.4 Å². The van der Waals surface area contributed by atoms with Gasteiger partial charge in [0.25, 0.3) is 0 Å². The van der Waals surface area contributed by atoms with Crippen molar-refractivity contribution in [3.05, 3.63) is 85.1 Å². The maximum atomic E-state index is 13.1. The number of carbonyl (C=O) groups is 4. The van der Waals surface area contributed by atoms with E-state index in [-0.39, 0.29) is 26.2 Å². The summed E-state index contributed by atoms with van der Waals surface area (Å²) in [4.78, 5) is 65.5. The smallest absolute Gasteiger partial charge is 0.463 e. The van der Waals surface area contributed by atoms with Crippen LogP contribution in [0.1, 0.15) is 328 Å². The Hall–Kier alpha value is -3.28. The second kappa shape index (κ2) is 78.3. The normalized spacial score (nSPS) is 14.4. The number of hydrogen-bond acceptors (Lipinski definition) is 15. The quantitative estimate of drug-likeness (QED) is 0.0169. The Morgan fingerprint density at radius 3 is 0.940 bits per heavy atom. The summed E-state index contributed by atoms with van der Waals surface area (Å²) in [6.07, 6.45) is 81.8. The van der Waals surface area contributed by atoms with Crippen molar-refractivity contribution in [1.29, 1.82) is 0 Å². The zero-order chi connectivity index (χ0) is 72.7. The molecule has 2 unspecified atom stereocenters. The van der Waals surface area contributed by atoms with Gasteiger partial charge in [0.2, 0.25) is 0 Å². The summed E-state index contributed by atoms with van der Waals surface area (Å²) in [5.74, 6) is -0.427. The summed E-state index contributed by atoms with van der Waals surface area (Å²) in [5.41, 5.74) is 0. The molecule has 0 aromatic rings. The summed E-state index contributed by atoms with van der Waals surface area (Å²) in [7, 11) is -9.55. The maximum Gasteiger partial charge on any atom is 0.472 e. The Bertz CT molecular complexity index is 2130. The Morgan fingerprint density at radius 2 is 0.590 bits per heavy atom. The largest absolute Gasteiger partial charge is 0.472 e. The van der Waals surface area contributed by atoms with E-state index in [9.17, 15) is 43.2 Å². The van der Waals surface area contributed by atoms with Crippen molar-refractivity contribution in [2.45, 2.75) is 346 Å². The molecule has 0 saturated heterocycles. The molecule has 0 aliphatic carbocycles. The first-order valence-corrected chi connectivity index (χ1v) is 42.7. The number of rotatable bonds is 81. The predicted octanol–water partition coefficient (Wildman–Crippen LogP) is 22.0. The van der Waals surface area contributed by atoms with E-state index in [0.29, 0.717) is 51.9 Å². The monoisotopic (exact) mass is 1450 g/mol. The number of ether oxygens (including phenoxy) is 4. The molecule has 0 amide bonds. The van der Waals surface area contributed by atoms with Crippen LogP contribution in [-0.4, -0.2) is 117 Å². The lowest BCUT2D eigenvalue weighted by Gasteiger charge is -2.21. The minimum atomic E-state index is -4.81. The molecule has 0 heterocycles. The standard InChI is InChI=1S/C81H144O17P2/c1-2-3-4-5-6-7-8-9-10-11-16-23-30-37-44-51-58-65-81(86)94-75-80(93-71-64-57-50-43-36-28-21-15-13-18-25-32-39-46-53-60-67-83)77-98-100(89,90)96-73-78(85)72-95-99(87,88)97-76-79(92-70-63-56-49-42-35-29-22-19-26-33-40-47-54-61-68-84)74-91-69-62-55-48-41-34-27-20-14-12-17-24-31-38-45-52-59-66-82/h6-7,9-10,12-13,16-19,22-23,37,44,66-68,78-80,85H,2-5,8,11,14-15,20-21,24-36,38-43,45-65,69-77H2,1H3,(H,87,88)(H,89,90)/b7-6-,10-9-,17-12-,18-13-,22-19-,23-16-,44-37-/t78-,79+,80+/m0/s1. The number of aliphatic hydroxyl groups excluding tert-OH is 1. The molecule has 0 aromatic carbocycles. The molecule has 0 spiro atoms. The third-order valence-corrected chi connectivity index (χ3v) is 18.8. The van der Waals surface area contributed by atoms with Crippen molar-refractivity contribution in [2.24, 2.45) is 0 Å². The van der Waals surface area contributed by atoms with Crippen LogP contribution in [0.15, 0.2) is 85.1 Å². The molecule has 17 nitrogen and oxygen atoms in total. The summed E-state index contributed by atoms with van der Waals surface area (Å²) in [5, 5.41) is 10.7. The van der Waals surface area contributed by atoms with Crippen LogP contribution in [0.5, 0.6) is 0 Å². The van der Waals surface area contributed by atoms with Gasteiger partial charge < -0.3 is 48.2 Å². The third kappa shape index (κ3) is 77.3. The zero-order valence-corrected chi connectivity index (χ0v) is 64.5. The number of phosphoric acid groups is 2. The van der Waals surface area contributed by atoms with E-state index in [0.717, 1.165) is 224 Å². The number of aliphatic hydroxyl groups is 1. The van der Waals surface area contributed by atoms with E-state index in [4.69, 9.17) is 37.0 Å². The third-order valence-electron chi connectivity index (χ3n) is 16.9. The van der Waals surface area contributed by atoms with Gasteiger partial charge in [-0.1, -0.05) is 227 Å². The highest BCUT2D eigenvalue weighted by Crippen LogP contribution is 2.45. The lowest BCUT2D eigenvalue weighted by Crippen LogP contribution is -2.28. The highest BCUT2D eigenvalue weighted by atomic mass is 31.2. The fraction of sp³-hybridized carbons (Fsp3) is 0.778. The SMILES string of the molecule is CCCCC/C=C\C/C=C\C/C=C\C/C=C\CCCC(=O)OC[C@H](COP(=O)(O)OC[C@@H](O)COP(=O)(O)OC[C@@H](COCCCCCCCCC/C=C\CCCCCCC=O)OCCCCCCC/C=C\CCCCCCC=O)OCCCCCCCCC/C=C\CCCCCCC=O. The van der Waals surface area contributed by atoms with Crippen molar-refractivity contribution in [1.82, 2.24) is 0 Å². The van der Waals surface area contributed by atoms with Gasteiger partial charge in [-0.3, -0.25) is 22.9 Å². The molecular formula is C81H144O17P2. The van der Waals surface area contributed by atoms with Crippen LogP contribution in [0.25, 0.3) is 0 Å². The average molecular weight is 1450 g/mol. The van der Waals surface area contributed by atoms with Crippen molar-refractivity contribution < 1.29 is 80.2 Å². The second-order valence-electron chi connectivity index (χ2n) is 26.5. The lowest BCUT2D eigenvalue weighted by molar-refractivity contribution is -0.149. The molecule has 0 aliphatic heterocycles. The molecular weight excluding hydrogens is 1310 g/mol. The van der Waals surface area contributed by atoms with E-state index in [1.807, 2.05) is 0 Å². The Kier molecular flexibility index (Phi) is 75.7. The minimum absolute atomic E-state index is 0.149. The maximum absolute atomic E-state index is 13.1. The second-order valence-corrected chi connectivity index (χ2v) is 29.4. The number of phosphoric ester groups is 2. The van der Waals surface area contributed by atoms with E-state index in [1.165, 1.54) is 77.0 Å². The summed E-state index contributed by atoms with van der Waals surface area (Å²) in [6, 6.07) is 0. The van der Waals surface area contributed by atoms with Crippen LogP contribution in [0.3, 0.4) is 0 Å². The zero-order valence-electron chi connectivity index (χ0n) is 62.7. The minimum Gasteiger partial charge on any atom is -0.463 e. The number of hydrogen-bond donors (Lipinski definition) is 3. The van der Waals surface area contributed by atoms with Gasteiger partial charge in [-0.05, 0) is 161 Å². The molecule has 100 heavy (non-hydrogen) atoms. The molecule has 0 saturated carbocycles. The topological polar surface area (TPSA) is 237 Å². The Balaban J connectivity index is 5.18. The first-order chi connectivity index (χ1) is 49.0. The molecule has 0 fully saturated rings. The van der Waals surface area contributed by atoms with E-state index >= 15 is 0 Å². The van der Waals surface area contributed by atoms with E-state index in [1.54, 1.807) is 0 Å². The van der Waals surface area contributed by atoms with Crippen molar-refractivity contribution in [3.63, 3.8) is 0 Å². The van der Waals surface area contributed by atoms with Crippen LogP contribution in [0.2, 0.25) is 0 Å². The number of esters is 1. The highest BCUT2D eigenvalue weighted by Gasteiger charge is 2.29. The first-order valence-electron chi connectivity index (χ1n) is 39.7. The van der Waals surface area contributed by atoms with Gasteiger partial charge >= 0.3 is 21.6 Å². The van der Waals surface area contributed by atoms with Gasteiger partial charge in [0.05, 0.1) is 33.0 Å². The summed E-state index contributed by atoms with van der Waals surface area (Å²) in [6.45, 7) is 1.11. The molecule has 0 radical (unpaired) electrons. The van der Waals surface area contributed by atoms with Gasteiger partial charge in [-0.15, -0.1) is 0 Å². The van der Waals surface area contributed by atoms with Crippen LogP contribution in [0, 0.1) is 0 Å². The van der Waals surface area contributed by atoms with Gasteiger partial charge in [0, 0.05) is 45.5 Å². The Morgan fingerprint density at radius 1 is 0.320 bits per heavy atom. The molecule has 0 aromatic heterocycles. The van der Waals surface area contributed by atoms with Gasteiger partial charge in [0.1, 0.15) is 43.8 Å². The highest BCUT2D eigenvalue weighted by molar-refractivity contribution is 7.47. The predicted molar refractivity (Wildman–Crippen MR) is 409 cm³/mol. The molecule has 19 heteroatoms. The molecule has 3 N–H and O–H groups in total. The summed E-state index contributed by atoms with van der Waals surface area (Å²) >= 11 is 0. The number of carbonyl (C=O) groups excluding carboxylic acids is 4. The molecule has 0 aliphatic rings. The van der Waals surface area contributed by atoms with Crippen molar-refractivity contribution in [2.75, 3.05) is 59.5 Å². The number of aldehydes is 3. The first kappa shape index (κ1) is 96.7. The van der Waals surface area contributed by atoms with Gasteiger partial charge in [-0.25, -0.2) is 9.13 Å². The van der Waals surface area contributed by atoms with Crippen molar-refractivity contribution >= 4 is 40.5 Å². The van der Waals surface area contributed by atoms with E-state index in [2.05, 4.69) is 92.0 Å². The van der Waals surface area contributed by atoms with E-state index < -0.39 is 59.7 Å². The lowest BCUT2D eigenvalue weighted by atomic mass is 10.1. The Labute approximate surface area is 608 Å². The summed E-state index contributed by atoms with van der Waals surface area (Å²) < 4.78 is 70.6. The van der Waals surface area contributed by atoms with Gasteiger partial charge in [0.15, 0.2) is 0 Å². The van der Waals surface area contributed by atoms with Crippen LogP contribution in [0.4, 0.5) is 0 Å². The molecule has 580 valence electrons. The van der Waals surface area contributed by atoms with Crippen LogP contribution < -0.4 is 0 Å². The molecule has 5 atom stereocenters. The van der Waals surface area contributed by atoms with Crippen molar-refractivity contribution in [3.8, 4) is 0 Å². The van der Waals surface area contributed by atoms with Gasteiger partial charge in [-0.2, -0.15) is 0 Å². The number of allylic oxidation sites excluding steroid dienone is 14.